The Kier molecular flexibility index (Phi) is 3.97. The van der Waals surface area contributed by atoms with Crippen molar-refractivity contribution in [1.29, 1.82) is 0 Å². The molecule has 1 heterocycles. The molecule has 5 heteroatoms. The molecule has 1 aromatic heterocycles. The molecule has 0 aliphatic heterocycles. The molecule has 0 bridgehead atoms. The molecule has 0 fully saturated rings. The molecule has 96 valence electrons. The van der Waals surface area contributed by atoms with Crippen LogP contribution >= 0.6 is 34.5 Å². The van der Waals surface area contributed by atoms with Gasteiger partial charge in [0.2, 0.25) is 0 Å². The minimum absolute atomic E-state index is 0.387. The average Bonchev–Trinajstić information content (AvgIpc) is 2.79. The number of benzene rings is 1. The zero-order valence-electron chi connectivity index (χ0n) is 10.2. The highest BCUT2D eigenvalue weighted by Gasteiger charge is 2.23. The number of nitrogens with zero attached hydrogens (tertiary/aromatic N) is 1. The van der Waals surface area contributed by atoms with Crippen molar-refractivity contribution in [2.75, 3.05) is 0 Å². The van der Waals surface area contributed by atoms with Crippen molar-refractivity contribution in [3.63, 3.8) is 0 Å². The monoisotopic (exact) mass is 300 g/mol. The first-order valence-electron chi connectivity index (χ1n) is 5.64. The molecule has 0 saturated heterocycles. The van der Waals surface area contributed by atoms with Crippen LogP contribution in [0.3, 0.4) is 0 Å². The molecule has 0 amide bonds. The van der Waals surface area contributed by atoms with Crippen LogP contribution in [0.4, 0.5) is 0 Å². The summed E-state index contributed by atoms with van der Waals surface area (Å²) in [6.45, 7) is 4.04. The number of thiazole rings is 1. The van der Waals surface area contributed by atoms with Crippen LogP contribution in [-0.2, 0) is 5.54 Å². The molecular weight excluding hydrogens is 287 g/mol. The Labute approximate surface area is 121 Å². The molecule has 0 spiro atoms. The van der Waals surface area contributed by atoms with E-state index in [-0.39, 0.29) is 5.54 Å². The lowest BCUT2D eigenvalue weighted by Crippen LogP contribution is -2.31. The third-order valence-corrected chi connectivity index (χ3v) is 4.60. The van der Waals surface area contributed by atoms with Gasteiger partial charge < -0.3 is 5.73 Å². The second kappa shape index (κ2) is 5.17. The van der Waals surface area contributed by atoms with Crippen LogP contribution in [0, 0.1) is 0 Å². The lowest BCUT2D eigenvalue weighted by atomic mass is 10.0. The molecule has 0 aliphatic carbocycles. The quantitative estimate of drug-likeness (QED) is 0.892. The third kappa shape index (κ3) is 2.69. The Hall–Kier alpha value is -0.610. The predicted molar refractivity (Wildman–Crippen MR) is 79.4 cm³/mol. The minimum Gasteiger partial charge on any atom is -0.320 e. The molecule has 2 aromatic rings. The van der Waals surface area contributed by atoms with E-state index < -0.39 is 0 Å². The van der Waals surface area contributed by atoms with Crippen LogP contribution in [0.15, 0.2) is 23.6 Å². The second-order valence-electron chi connectivity index (χ2n) is 4.43. The minimum atomic E-state index is -0.387. The Morgan fingerprint density at radius 1 is 1.39 bits per heavy atom. The van der Waals surface area contributed by atoms with Gasteiger partial charge in [-0.25, -0.2) is 4.98 Å². The van der Waals surface area contributed by atoms with Crippen molar-refractivity contribution in [3.8, 4) is 11.3 Å². The van der Waals surface area contributed by atoms with Crippen molar-refractivity contribution in [1.82, 2.24) is 4.98 Å². The number of nitrogens with two attached hydrogens (primary N) is 1. The van der Waals surface area contributed by atoms with E-state index in [1.807, 2.05) is 24.4 Å². The summed E-state index contributed by atoms with van der Waals surface area (Å²) in [5.41, 5.74) is 7.53. The van der Waals surface area contributed by atoms with Crippen molar-refractivity contribution >= 4 is 34.5 Å². The summed E-state index contributed by atoms with van der Waals surface area (Å²) in [7, 11) is 0. The van der Waals surface area contributed by atoms with Crippen LogP contribution in [0.1, 0.15) is 25.3 Å². The summed E-state index contributed by atoms with van der Waals surface area (Å²) in [5.74, 6) is 0. The van der Waals surface area contributed by atoms with Gasteiger partial charge in [0.25, 0.3) is 0 Å². The zero-order valence-corrected chi connectivity index (χ0v) is 12.5. The van der Waals surface area contributed by atoms with E-state index in [1.165, 1.54) is 0 Å². The number of aromatic nitrogens is 1. The van der Waals surface area contributed by atoms with Crippen LogP contribution in [0.2, 0.25) is 10.0 Å². The molecule has 2 nitrogen and oxygen atoms in total. The number of rotatable bonds is 3. The summed E-state index contributed by atoms with van der Waals surface area (Å²) in [6, 6.07) is 5.41. The summed E-state index contributed by atoms with van der Waals surface area (Å²) in [5, 5.41) is 4.13. The van der Waals surface area contributed by atoms with Crippen LogP contribution in [0.5, 0.6) is 0 Å². The lowest BCUT2D eigenvalue weighted by molar-refractivity contribution is 0.474. The second-order valence-corrected chi connectivity index (χ2v) is 6.13. The van der Waals surface area contributed by atoms with Gasteiger partial charge in [-0.15, -0.1) is 11.3 Å². The maximum atomic E-state index is 6.18. The van der Waals surface area contributed by atoms with Gasteiger partial charge in [0.05, 0.1) is 16.3 Å². The van der Waals surface area contributed by atoms with E-state index in [1.54, 1.807) is 17.4 Å². The predicted octanol–water partition coefficient (Wildman–Crippen LogP) is 4.70. The van der Waals surface area contributed by atoms with Crippen LogP contribution < -0.4 is 5.73 Å². The van der Waals surface area contributed by atoms with Gasteiger partial charge in [-0.1, -0.05) is 30.1 Å². The van der Waals surface area contributed by atoms with Gasteiger partial charge in [-0.05, 0) is 31.5 Å². The van der Waals surface area contributed by atoms with E-state index in [4.69, 9.17) is 28.9 Å². The van der Waals surface area contributed by atoms with E-state index >= 15 is 0 Å². The standard InChI is InChI=1S/C13H14Cl2N2S/c1-3-13(2,16)12-17-11(7-18-12)9-5-4-8(14)6-10(9)15/h4-7H,3,16H2,1-2H3. The molecule has 1 aromatic carbocycles. The molecule has 18 heavy (non-hydrogen) atoms. The van der Waals surface area contributed by atoms with Gasteiger partial charge in [0.15, 0.2) is 0 Å². The maximum absolute atomic E-state index is 6.18. The largest absolute Gasteiger partial charge is 0.320 e. The molecule has 0 saturated carbocycles. The number of halogens is 2. The Bertz CT molecular complexity index is 564. The van der Waals surface area contributed by atoms with Gasteiger partial charge in [-0.2, -0.15) is 0 Å². The fraction of sp³-hybridized carbons (Fsp3) is 0.308. The van der Waals surface area contributed by atoms with Crippen LogP contribution in [0.25, 0.3) is 11.3 Å². The van der Waals surface area contributed by atoms with Crippen molar-refractivity contribution in [2.24, 2.45) is 5.73 Å². The van der Waals surface area contributed by atoms with Gasteiger partial charge >= 0.3 is 0 Å². The zero-order chi connectivity index (χ0) is 13.3. The van der Waals surface area contributed by atoms with Crippen molar-refractivity contribution in [2.45, 2.75) is 25.8 Å². The molecule has 1 atom stereocenters. The lowest BCUT2D eigenvalue weighted by Gasteiger charge is -2.18. The summed E-state index contributed by atoms with van der Waals surface area (Å²) in [4.78, 5) is 4.58. The normalized spacial score (nSPS) is 14.5. The Balaban J connectivity index is 2.41. The highest BCUT2D eigenvalue weighted by molar-refractivity contribution is 7.10. The summed E-state index contributed by atoms with van der Waals surface area (Å²) >= 11 is 13.6. The first-order valence-corrected chi connectivity index (χ1v) is 7.28. The highest BCUT2D eigenvalue weighted by atomic mass is 35.5. The fourth-order valence-corrected chi connectivity index (χ4v) is 2.98. The van der Waals surface area contributed by atoms with Crippen molar-refractivity contribution < 1.29 is 0 Å². The highest BCUT2D eigenvalue weighted by Crippen LogP contribution is 2.33. The number of hydrogen-bond donors (Lipinski definition) is 1. The van der Waals surface area contributed by atoms with E-state index in [0.29, 0.717) is 10.0 Å². The van der Waals surface area contributed by atoms with E-state index in [0.717, 1.165) is 22.7 Å². The molecule has 0 radical (unpaired) electrons. The van der Waals surface area contributed by atoms with Gasteiger partial charge in [0.1, 0.15) is 5.01 Å². The first kappa shape index (κ1) is 13.8. The first-order chi connectivity index (χ1) is 8.44. The number of hydrogen-bond acceptors (Lipinski definition) is 3. The molecule has 2 rings (SSSR count). The average molecular weight is 301 g/mol. The van der Waals surface area contributed by atoms with Gasteiger partial charge in [-0.3, -0.25) is 0 Å². The maximum Gasteiger partial charge on any atom is 0.113 e. The molecule has 2 N–H and O–H groups in total. The van der Waals surface area contributed by atoms with E-state index in [2.05, 4.69) is 11.9 Å². The van der Waals surface area contributed by atoms with Gasteiger partial charge in [0, 0.05) is 16.0 Å². The third-order valence-electron chi connectivity index (χ3n) is 2.93. The topological polar surface area (TPSA) is 38.9 Å². The smallest absolute Gasteiger partial charge is 0.113 e. The Morgan fingerprint density at radius 2 is 2.11 bits per heavy atom. The van der Waals surface area contributed by atoms with E-state index in [9.17, 15) is 0 Å². The summed E-state index contributed by atoms with van der Waals surface area (Å²) < 4.78 is 0. The van der Waals surface area contributed by atoms with Crippen LogP contribution in [-0.4, -0.2) is 4.98 Å². The SMILES string of the molecule is CCC(C)(N)c1nc(-c2ccc(Cl)cc2Cl)cs1. The van der Waals surface area contributed by atoms with Crippen molar-refractivity contribution in [3.05, 3.63) is 38.6 Å². The Morgan fingerprint density at radius 3 is 2.72 bits per heavy atom. The molecular formula is C13H14Cl2N2S. The summed E-state index contributed by atoms with van der Waals surface area (Å²) in [6.07, 6.45) is 0.842. The molecule has 0 aliphatic rings. The molecule has 1 unspecified atom stereocenters. The fourth-order valence-electron chi connectivity index (χ4n) is 1.51.